The Bertz CT molecular complexity index is 503. The van der Waals surface area contributed by atoms with Gasteiger partial charge < -0.3 is 10.3 Å². The molecular formula is C12H15N3O. The molecule has 1 atom stereocenters. The minimum atomic E-state index is -0.229. The van der Waals surface area contributed by atoms with Crippen LogP contribution in [0.2, 0.25) is 0 Å². The van der Waals surface area contributed by atoms with Gasteiger partial charge in [0.05, 0.1) is 6.04 Å². The summed E-state index contributed by atoms with van der Waals surface area (Å²) in [5.41, 5.74) is 9.08. The van der Waals surface area contributed by atoms with E-state index in [0.717, 1.165) is 5.56 Å². The van der Waals surface area contributed by atoms with Gasteiger partial charge in [0.25, 0.3) is 0 Å². The van der Waals surface area contributed by atoms with Crippen LogP contribution in [0.5, 0.6) is 0 Å². The van der Waals surface area contributed by atoms with Crippen molar-refractivity contribution in [3.8, 4) is 11.4 Å². The van der Waals surface area contributed by atoms with Gasteiger partial charge in [-0.2, -0.15) is 4.98 Å². The van der Waals surface area contributed by atoms with Gasteiger partial charge >= 0.3 is 0 Å². The molecule has 0 radical (unpaired) electrons. The van der Waals surface area contributed by atoms with Gasteiger partial charge in [-0.1, -0.05) is 17.3 Å². The molecule has 0 aliphatic carbocycles. The predicted octanol–water partition coefficient (Wildman–Crippen LogP) is 2.37. The highest BCUT2D eigenvalue weighted by Crippen LogP contribution is 2.20. The number of benzene rings is 1. The van der Waals surface area contributed by atoms with Crippen LogP contribution in [0.15, 0.2) is 22.7 Å². The zero-order valence-electron chi connectivity index (χ0n) is 9.69. The largest absolute Gasteiger partial charge is 0.337 e. The Balaban J connectivity index is 2.39. The molecule has 84 valence electrons. The number of aryl methyl sites for hydroxylation is 2. The molecule has 2 aromatic rings. The van der Waals surface area contributed by atoms with Gasteiger partial charge in [0.15, 0.2) is 0 Å². The van der Waals surface area contributed by atoms with Crippen LogP contribution < -0.4 is 5.73 Å². The van der Waals surface area contributed by atoms with Gasteiger partial charge in [-0.15, -0.1) is 0 Å². The van der Waals surface area contributed by atoms with Crippen molar-refractivity contribution in [1.82, 2.24) is 10.1 Å². The lowest BCUT2D eigenvalue weighted by atomic mass is 10.1. The van der Waals surface area contributed by atoms with Crippen molar-refractivity contribution in [2.24, 2.45) is 5.73 Å². The summed E-state index contributed by atoms with van der Waals surface area (Å²) in [6.45, 7) is 5.95. The maximum absolute atomic E-state index is 5.66. The summed E-state index contributed by atoms with van der Waals surface area (Å²) in [5.74, 6) is 1.06. The fourth-order valence-corrected chi connectivity index (χ4v) is 1.42. The van der Waals surface area contributed by atoms with E-state index in [0.29, 0.717) is 11.7 Å². The van der Waals surface area contributed by atoms with Crippen LogP contribution >= 0.6 is 0 Å². The Morgan fingerprint density at radius 3 is 2.56 bits per heavy atom. The van der Waals surface area contributed by atoms with Crippen LogP contribution in [0, 0.1) is 13.8 Å². The Morgan fingerprint density at radius 2 is 2.00 bits per heavy atom. The quantitative estimate of drug-likeness (QED) is 0.838. The highest BCUT2D eigenvalue weighted by molar-refractivity contribution is 5.56. The molecule has 0 amide bonds. The summed E-state index contributed by atoms with van der Waals surface area (Å²) in [6, 6.07) is 5.85. The van der Waals surface area contributed by atoms with Crippen LogP contribution in [0.3, 0.4) is 0 Å². The lowest BCUT2D eigenvalue weighted by Gasteiger charge is -2.00. The number of rotatable bonds is 2. The summed E-state index contributed by atoms with van der Waals surface area (Å²) in [7, 11) is 0. The molecule has 0 saturated carbocycles. The zero-order valence-corrected chi connectivity index (χ0v) is 9.69. The molecule has 0 aliphatic heterocycles. The average Bonchev–Trinajstić information content (AvgIpc) is 2.71. The van der Waals surface area contributed by atoms with Gasteiger partial charge in [-0.3, -0.25) is 0 Å². The predicted molar refractivity (Wildman–Crippen MR) is 61.8 cm³/mol. The summed E-state index contributed by atoms with van der Waals surface area (Å²) >= 11 is 0. The topological polar surface area (TPSA) is 64.9 Å². The molecule has 4 heteroatoms. The molecule has 16 heavy (non-hydrogen) atoms. The first-order valence-electron chi connectivity index (χ1n) is 5.24. The molecule has 0 spiro atoms. The van der Waals surface area contributed by atoms with E-state index in [1.165, 1.54) is 11.1 Å². The highest BCUT2D eigenvalue weighted by atomic mass is 16.5. The van der Waals surface area contributed by atoms with Crippen molar-refractivity contribution < 1.29 is 4.52 Å². The third-order valence-electron chi connectivity index (χ3n) is 2.60. The van der Waals surface area contributed by atoms with Crippen molar-refractivity contribution in [2.75, 3.05) is 0 Å². The molecule has 1 heterocycles. The van der Waals surface area contributed by atoms with Crippen LogP contribution in [-0.4, -0.2) is 10.1 Å². The van der Waals surface area contributed by atoms with Gasteiger partial charge in [0.1, 0.15) is 0 Å². The SMILES string of the molecule is Cc1ccc(-c2noc(C(C)N)n2)cc1C. The summed E-state index contributed by atoms with van der Waals surface area (Å²) in [4.78, 5) is 4.25. The number of nitrogens with zero attached hydrogens (tertiary/aromatic N) is 2. The Kier molecular flexibility index (Phi) is 2.75. The third-order valence-corrected chi connectivity index (χ3v) is 2.60. The number of hydrogen-bond acceptors (Lipinski definition) is 4. The molecule has 1 aromatic carbocycles. The first kappa shape index (κ1) is 10.8. The normalized spacial score (nSPS) is 12.8. The van der Waals surface area contributed by atoms with Crippen molar-refractivity contribution in [3.05, 3.63) is 35.2 Å². The molecule has 0 aliphatic rings. The maximum atomic E-state index is 5.66. The van der Waals surface area contributed by atoms with Gasteiger partial charge in [-0.25, -0.2) is 0 Å². The molecule has 0 fully saturated rings. The molecule has 1 aromatic heterocycles. The van der Waals surface area contributed by atoms with Crippen molar-refractivity contribution >= 4 is 0 Å². The van der Waals surface area contributed by atoms with Crippen molar-refractivity contribution in [2.45, 2.75) is 26.8 Å². The standard InChI is InChI=1S/C12H15N3O/c1-7-4-5-10(6-8(7)2)11-14-12(9(3)13)16-15-11/h4-6,9H,13H2,1-3H3. The van der Waals surface area contributed by atoms with Gasteiger partial charge in [0, 0.05) is 5.56 Å². The van der Waals surface area contributed by atoms with E-state index in [-0.39, 0.29) is 6.04 Å². The minimum absolute atomic E-state index is 0.229. The molecule has 0 saturated heterocycles. The van der Waals surface area contributed by atoms with Crippen LogP contribution in [0.4, 0.5) is 0 Å². The van der Waals surface area contributed by atoms with E-state index < -0.39 is 0 Å². The van der Waals surface area contributed by atoms with E-state index in [9.17, 15) is 0 Å². The monoisotopic (exact) mass is 217 g/mol. The minimum Gasteiger partial charge on any atom is -0.337 e. The lowest BCUT2D eigenvalue weighted by molar-refractivity contribution is 0.362. The lowest BCUT2D eigenvalue weighted by Crippen LogP contribution is -2.04. The summed E-state index contributed by atoms with van der Waals surface area (Å²) in [5, 5.41) is 3.91. The molecule has 1 unspecified atom stereocenters. The molecule has 2 rings (SSSR count). The molecule has 0 bridgehead atoms. The Morgan fingerprint density at radius 1 is 1.25 bits per heavy atom. The van der Waals surface area contributed by atoms with E-state index in [4.69, 9.17) is 10.3 Å². The fourth-order valence-electron chi connectivity index (χ4n) is 1.42. The van der Waals surface area contributed by atoms with E-state index in [2.05, 4.69) is 24.0 Å². The average molecular weight is 217 g/mol. The van der Waals surface area contributed by atoms with E-state index in [1.807, 2.05) is 25.1 Å². The van der Waals surface area contributed by atoms with Crippen molar-refractivity contribution in [3.63, 3.8) is 0 Å². The van der Waals surface area contributed by atoms with Crippen LogP contribution in [0.25, 0.3) is 11.4 Å². The first-order valence-corrected chi connectivity index (χ1v) is 5.24. The van der Waals surface area contributed by atoms with E-state index in [1.54, 1.807) is 0 Å². The Labute approximate surface area is 94.5 Å². The second kappa shape index (κ2) is 4.06. The van der Waals surface area contributed by atoms with Crippen LogP contribution in [0.1, 0.15) is 30.0 Å². The molecule has 2 N–H and O–H groups in total. The number of hydrogen-bond donors (Lipinski definition) is 1. The van der Waals surface area contributed by atoms with Gasteiger partial charge in [-0.05, 0) is 38.0 Å². The summed E-state index contributed by atoms with van der Waals surface area (Å²) in [6.07, 6.45) is 0. The highest BCUT2D eigenvalue weighted by Gasteiger charge is 2.11. The second-order valence-corrected chi connectivity index (χ2v) is 4.04. The van der Waals surface area contributed by atoms with Crippen LogP contribution in [-0.2, 0) is 0 Å². The Hall–Kier alpha value is -1.68. The smallest absolute Gasteiger partial charge is 0.243 e. The maximum Gasteiger partial charge on any atom is 0.243 e. The number of nitrogens with two attached hydrogens (primary N) is 1. The fraction of sp³-hybridized carbons (Fsp3) is 0.333. The number of aromatic nitrogens is 2. The second-order valence-electron chi connectivity index (χ2n) is 4.04. The van der Waals surface area contributed by atoms with E-state index >= 15 is 0 Å². The first-order chi connectivity index (χ1) is 7.58. The molecular weight excluding hydrogens is 202 g/mol. The summed E-state index contributed by atoms with van der Waals surface area (Å²) < 4.78 is 5.06. The third kappa shape index (κ3) is 1.97. The van der Waals surface area contributed by atoms with Crippen molar-refractivity contribution in [1.29, 1.82) is 0 Å². The zero-order chi connectivity index (χ0) is 11.7. The van der Waals surface area contributed by atoms with Gasteiger partial charge in [0.2, 0.25) is 11.7 Å². The molecule has 4 nitrogen and oxygen atoms in total.